The summed E-state index contributed by atoms with van der Waals surface area (Å²) < 4.78 is 18.0. The van der Waals surface area contributed by atoms with E-state index in [0.717, 1.165) is 51.4 Å². The second kappa shape index (κ2) is 10.0. The van der Waals surface area contributed by atoms with E-state index in [-0.39, 0.29) is 35.3 Å². The number of ether oxygens (including phenoxy) is 3. The molecule has 0 bridgehead atoms. The monoisotopic (exact) mass is 534 g/mol. The standard InChI is InChI=1S/C31H50O7/c1-17(2)7-10-26-30(6,35)27-25(37-19(4)33)16-24-22-9-8-20-15-21(36-18(3)32)11-13-29(20,5)23(22)12-14-31(24,27)28(34)38-26/h17,20-28,34-35H,7-16H2,1-6H3/t20?,21?,22?,23?,24?,25?,26-,27?,28-,29?,30+,31?/m1/s1. The fraction of sp³-hybridized carbons (Fsp3) is 0.935. The minimum atomic E-state index is -1.20. The van der Waals surface area contributed by atoms with E-state index in [2.05, 4.69) is 20.8 Å². The zero-order valence-electron chi connectivity index (χ0n) is 24.3. The molecule has 0 radical (unpaired) electrons. The lowest BCUT2D eigenvalue weighted by Gasteiger charge is -2.64. The third kappa shape index (κ3) is 4.43. The van der Waals surface area contributed by atoms with Crippen LogP contribution in [-0.4, -0.2) is 52.4 Å². The van der Waals surface area contributed by atoms with Crippen molar-refractivity contribution in [1.82, 2.24) is 0 Å². The fourth-order valence-electron chi connectivity index (χ4n) is 10.4. The third-order valence-electron chi connectivity index (χ3n) is 11.9. The van der Waals surface area contributed by atoms with Gasteiger partial charge in [-0.2, -0.15) is 0 Å². The van der Waals surface area contributed by atoms with Gasteiger partial charge in [0.2, 0.25) is 0 Å². The predicted molar refractivity (Wildman–Crippen MR) is 142 cm³/mol. The average Bonchev–Trinajstić information content (AvgIpc) is 3.16. The van der Waals surface area contributed by atoms with Crippen LogP contribution >= 0.6 is 0 Å². The molecule has 7 nitrogen and oxygen atoms in total. The van der Waals surface area contributed by atoms with Gasteiger partial charge in [0.15, 0.2) is 6.29 Å². The van der Waals surface area contributed by atoms with E-state index in [1.807, 2.05) is 6.92 Å². The second-order valence-corrected chi connectivity index (χ2v) is 14.3. The molecule has 0 aromatic heterocycles. The number of aliphatic hydroxyl groups is 2. The van der Waals surface area contributed by atoms with Crippen LogP contribution in [0.4, 0.5) is 0 Å². The molecule has 1 saturated heterocycles. The molecule has 216 valence electrons. The molecular formula is C31H50O7. The summed E-state index contributed by atoms with van der Waals surface area (Å²) in [4.78, 5) is 23.9. The highest BCUT2D eigenvalue weighted by Crippen LogP contribution is 2.71. The van der Waals surface area contributed by atoms with Crippen molar-refractivity contribution in [1.29, 1.82) is 0 Å². The van der Waals surface area contributed by atoms with Crippen molar-refractivity contribution < 1.29 is 34.0 Å². The summed E-state index contributed by atoms with van der Waals surface area (Å²) in [5.74, 6) is 1.14. The maximum Gasteiger partial charge on any atom is 0.302 e. The van der Waals surface area contributed by atoms with Crippen molar-refractivity contribution in [2.45, 2.75) is 136 Å². The van der Waals surface area contributed by atoms with E-state index < -0.39 is 29.5 Å². The summed E-state index contributed by atoms with van der Waals surface area (Å²) in [6, 6.07) is 0. The number of hydrogen-bond donors (Lipinski definition) is 2. The summed E-state index contributed by atoms with van der Waals surface area (Å²) in [7, 11) is 0. The zero-order valence-corrected chi connectivity index (χ0v) is 24.3. The van der Waals surface area contributed by atoms with E-state index in [1.54, 1.807) is 0 Å². The largest absolute Gasteiger partial charge is 0.463 e. The number of rotatable bonds is 5. The number of carbonyl (C=O) groups is 2. The molecular weight excluding hydrogens is 484 g/mol. The van der Waals surface area contributed by atoms with E-state index in [9.17, 15) is 19.8 Å². The van der Waals surface area contributed by atoms with E-state index in [0.29, 0.717) is 36.5 Å². The Hall–Kier alpha value is -1.18. The molecule has 12 atom stereocenters. The van der Waals surface area contributed by atoms with Gasteiger partial charge in [-0.1, -0.05) is 20.8 Å². The SMILES string of the molecule is CC(=O)OC1CCC2(C)C(CCC3C2CCC24C3CC(OC(C)=O)C2[C@@](C)(O)[C@@H](CCC(C)C)O[C@H]4O)C1. The van der Waals surface area contributed by atoms with E-state index in [1.165, 1.54) is 13.8 Å². The minimum absolute atomic E-state index is 0.0210. The smallest absolute Gasteiger partial charge is 0.302 e. The van der Waals surface area contributed by atoms with Gasteiger partial charge >= 0.3 is 11.9 Å². The number of hydrogen-bond acceptors (Lipinski definition) is 7. The summed E-state index contributed by atoms with van der Waals surface area (Å²) in [5.41, 5.74) is -1.64. The van der Waals surface area contributed by atoms with Crippen molar-refractivity contribution in [3.05, 3.63) is 0 Å². The Labute approximate surface area is 228 Å². The van der Waals surface area contributed by atoms with Crippen LogP contribution in [0.2, 0.25) is 0 Å². The minimum Gasteiger partial charge on any atom is -0.463 e. The molecule has 9 unspecified atom stereocenters. The van der Waals surface area contributed by atoms with Crippen molar-refractivity contribution in [3.8, 4) is 0 Å². The molecule has 5 aliphatic rings. The highest BCUT2D eigenvalue weighted by Gasteiger charge is 2.73. The molecule has 4 aliphatic carbocycles. The molecule has 2 N–H and O–H groups in total. The van der Waals surface area contributed by atoms with Crippen molar-refractivity contribution >= 4 is 11.9 Å². The highest BCUT2D eigenvalue weighted by atomic mass is 16.6. The molecule has 38 heavy (non-hydrogen) atoms. The van der Waals surface area contributed by atoms with Gasteiger partial charge in [-0.15, -0.1) is 0 Å². The summed E-state index contributed by atoms with van der Waals surface area (Å²) in [5, 5.41) is 23.9. The topological polar surface area (TPSA) is 102 Å². The first-order valence-corrected chi connectivity index (χ1v) is 15.2. The molecule has 5 fully saturated rings. The van der Waals surface area contributed by atoms with Crippen LogP contribution in [0.1, 0.15) is 106 Å². The van der Waals surface area contributed by atoms with Crippen LogP contribution in [0.5, 0.6) is 0 Å². The second-order valence-electron chi connectivity index (χ2n) is 14.3. The Morgan fingerprint density at radius 3 is 2.34 bits per heavy atom. The Morgan fingerprint density at radius 2 is 1.68 bits per heavy atom. The number of aliphatic hydroxyl groups excluding tert-OH is 1. The number of carbonyl (C=O) groups excluding carboxylic acids is 2. The van der Waals surface area contributed by atoms with Gasteiger partial charge in [0.05, 0.1) is 11.7 Å². The van der Waals surface area contributed by atoms with Crippen LogP contribution in [0.25, 0.3) is 0 Å². The predicted octanol–water partition coefficient (Wildman–Crippen LogP) is 5.00. The van der Waals surface area contributed by atoms with Crippen molar-refractivity contribution in [2.75, 3.05) is 0 Å². The molecule has 0 amide bonds. The lowest BCUT2D eigenvalue weighted by Crippen LogP contribution is -2.68. The molecule has 1 heterocycles. The Bertz CT molecular complexity index is 916. The molecule has 1 spiro atoms. The fourth-order valence-corrected chi connectivity index (χ4v) is 10.4. The first-order chi connectivity index (χ1) is 17.8. The van der Waals surface area contributed by atoms with Gasteiger partial charge < -0.3 is 24.4 Å². The van der Waals surface area contributed by atoms with Crippen LogP contribution in [0.3, 0.4) is 0 Å². The van der Waals surface area contributed by atoms with Gasteiger partial charge in [-0.25, -0.2) is 0 Å². The Morgan fingerprint density at radius 1 is 0.974 bits per heavy atom. The summed E-state index contributed by atoms with van der Waals surface area (Å²) >= 11 is 0. The number of fused-ring (bicyclic) bond motifs is 4. The third-order valence-corrected chi connectivity index (χ3v) is 11.9. The first kappa shape index (κ1) is 28.4. The number of esters is 2. The lowest BCUT2D eigenvalue weighted by molar-refractivity contribution is -0.340. The molecule has 5 rings (SSSR count). The normalized spacial score (nSPS) is 49.9. The van der Waals surface area contributed by atoms with E-state index >= 15 is 0 Å². The summed E-state index contributed by atoms with van der Waals surface area (Å²) in [6.45, 7) is 11.6. The van der Waals surface area contributed by atoms with Gasteiger partial charge in [0.1, 0.15) is 12.2 Å². The van der Waals surface area contributed by atoms with Gasteiger partial charge in [0.25, 0.3) is 0 Å². The Kier molecular flexibility index (Phi) is 7.48. The molecule has 0 aromatic carbocycles. The zero-order chi connectivity index (χ0) is 27.6. The van der Waals surface area contributed by atoms with Gasteiger partial charge in [0, 0.05) is 25.2 Å². The van der Waals surface area contributed by atoms with Crippen LogP contribution in [-0.2, 0) is 23.8 Å². The Balaban J connectivity index is 1.45. The molecule has 0 aromatic rings. The lowest BCUT2D eigenvalue weighted by atomic mass is 9.43. The maximum atomic E-state index is 12.3. The van der Waals surface area contributed by atoms with Crippen LogP contribution < -0.4 is 0 Å². The summed E-state index contributed by atoms with van der Waals surface area (Å²) in [6.07, 6.45) is 7.14. The first-order valence-electron chi connectivity index (χ1n) is 15.2. The van der Waals surface area contributed by atoms with E-state index in [4.69, 9.17) is 14.2 Å². The maximum absolute atomic E-state index is 12.3. The molecule has 7 heteroatoms. The molecule has 1 aliphatic heterocycles. The van der Waals surface area contributed by atoms with Gasteiger partial charge in [-0.3, -0.25) is 9.59 Å². The van der Waals surface area contributed by atoms with Crippen molar-refractivity contribution in [2.24, 2.45) is 46.3 Å². The van der Waals surface area contributed by atoms with Crippen LogP contribution in [0, 0.1) is 46.3 Å². The van der Waals surface area contributed by atoms with Crippen LogP contribution in [0.15, 0.2) is 0 Å². The van der Waals surface area contributed by atoms with Gasteiger partial charge in [-0.05, 0) is 106 Å². The highest BCUT2D eigenvalue weighted by molar-refractivity contribution is 5.66. The quantitative estimate of drug-likeness (QED) is 0.479. The molecule has 4 saturated carbocycles. The van der Waals surface area contributed by atoms with Crippen molar-refractivity contribution in [3.63, 3.8) is 0 Å². The average molecular weight is 535 g/mol.